The number of rotatable bonds is 8. The Morgan fingerprint density at radius 2 is 1.23 bits per heavy atom. The van der Waals surface area contributed by atoms with E-state index in [1.165, 1.54) is 122 Å². The SMILES string of the molecule is CC(C)(C)c1c[c-]c2c(c1)-c1cc(C(C)(C)C)ccc1C2.CCCCc1ccc([C](=[Zr+2])c2ccc(CCCC)cc2)cc1.[C-]1=CC=CC1. The van der Waals surface area contributed by atoms with E-state index in [0.29, 0.717) is 0 Å². The maximum absolute atomic E-state index is 3.53. The molecule has 0 saturated carbocycles. The van der Waals surface area contributed by atoms with Crippen molar-refractivity contribution in [3.63, 3.8) is 0 Å². The van der Waals surface area contributed by atoms with Crippen LogP contribution in [0.15, 0.2) is 97.1 Å². The first-order valence-electron chi connectivity index (χ1n) is 18.1. The molecule has 0 unspecified atom stereocenters. The molecule has 6 rings (SSSR count). The van der Waals surface area contributed by atoms with Crippen LogP contribution in [-0.4, -0.2) is 3.21 Å². The fraction of sp³-hybridized carbons (Fsp3) is 0.383. The van der Waals surface area contributed by atoms with E-state index in [1.807, 2.05) is 12.2 Å². The summed E-state index contributed by atoms with van der Waals surface area (Å²) in [6.45, 7) is 18.1. The molecule has 0 amide bonds. The van der Waals surface area contributed by atoms with Crippen LogP contribution in [0, 0.1) is 12.1 Å². The van der Waals surface area contributed by atoms with E-state index in [4.69, 9.17) is 0 Å². The number of unbranched alkanes of at least 4 members (excludes halogenated alkanes) is 2. The summed E-state index contributed by atoms with van der Waals surface area (Å²) < 4.78 is 1.45. The van der Waals surface area contributed by atoms with Gasteiger partial charge in [0.1, 0.15) is 0 Å². The van der Waals surface area contributed by atoms with E-state index in [-0.39, 0.29) is 10.8 Å². The van der Waals surface area contributed by atoms with Gasteiger partial charge in [-0.1, -0.05) is 76.3 Å². The van der Waals surface area contributed by atoms with Crippen molar-refractivity contribution >= 4 is 3.21 Å². The minimum atomic E-state index is 0.177. The Kier molecular flexibility index (Phi) is 14.0. The molecule has 0 heterocycles. The topological polar surface area (TPSA) is 0 Å². The van der Waals surface area contributed by atoms with Crippen LogP contribution in [-0.2, 0) is 54.3 Å². The van der Waals surface area contributed by atoms with E-state index < -0.39 is 0 Å². The summed E-state index contributed by atoms with van der Waals surface area (Å²) in [5, 5.41) is 0. The van der Waals surface area contributed by atoms with Crippen LogP contribution < -0.4 is 0 Å². The number of fused-ring (bicyclic) bond motifs is 3. The number of hydrogen-bond acceptors (Lipinski definition) is 0. The van der Waals surface area contributed by atoms with Gasteiger partial charge in [0, 0.05) is 0 Å². The molecule has 48 heavy (non-hydrogen) atoms. The van der Waals surface area contributed by atoms with Crippen LogP contribution in [0.4, 0.5) is 0 Å². The molecule has 248 valence electrons. The molecule has 2 aliphatic carbocycles. The maximum Gasteiger partial charge on any atom is -0.109 e. The van der Waals surface area contributed by atoms with E-state index in [1.54, 1.807) is 0 Å². The molecule has 0 aromatic heterocycles. The van der Waals surface area contributed by atoms with Crippen molar-refractivity contribution in [1.82, 2.24) is 0 Å². The molecule has 0 fully saturated rings. The van der Waals surface area contributed by atoms with Crippen molar-refractivity contribution < 1.29 is 24.2 Å². The van der Waals surface area contributed by atoms with Crippen molar-refractivity contribution in [2.24, 2.45) is 0 Å². The van der Waals surface area contributed by atoms with Crippen LogP contribution in [0.5, 0.6) is 0 Å². The average molecular weight is 712 g/mol. The molecule has 0 saturated heterocycles. The normalized spacial score (nSPS) is 12.9. The van der Waals surface area contributed by atoms with Gasteiger partial charge in [0.05, 0.1) is 0 Å². The van der Waals surface area contributed by atoms with Gasteiger partial charge in [-0.2, -0.15) is 35.4 Å². The second-order valence-corrected chi connectivity index (χ2v) is 16.5. The number of hydrogen-bond donors (Lipinski definition) is 0. The fourth-order valence-electron chi connectivity index (χ4n) is 5.93. The van der Waals surface area contributed by atoms with E-state index in [9.17, 15) is 0 Å². The standard InChI is InChI=1S/C21H25.C21H26.C5H5.Zr/c1-20(2,3)16-9-7-14-11-15-8-10-17(21(4,5)6)13-19(15)18(14)12-16;1-3-5-7-18-9-13-20(14-10-18)17-21-15-11-19(12-16-21)8-6-4-2;1-2-4-5-3-1;/h7,9-10,12-13H,11H2,1-6H3;9-16H,3-8H2,1-2H3;1-3H,4H2;/q-1;;-1;+2. The first-order chi connectivity index (χ1) is 22.9. The molecule has 0 spiro atoms. The third kappa shape index (κ3) is 10.8. The van der Waals surface area contributed by atoms with Crippen LogP contribution >= 0.6 is 0 Å². The first-order valence-corrected chi connectivity index (χ1v) is 19.3. The van der Waals surface area contributed by atoms with Gasteiger partial charge < -0.3 is 0 Å². The summed E-state index contributed by atoms with van der Waals surface area (Å²) in [5.41, 5.74) is 14.4. The molecule has 0 bridgehead atoms. The Labute approximate surface area is 308 Å². The largest absolute Gasteiger partial charge is 0.273 e. The van der Waals surface area contributed by atoms with Gasteiger partial charge in [-0.25, -0.2) is 12.2 Å². The second kappa shape index (κ2) is 17.7. The smallest absolute Gasteiger partial charge is 0.109 e. The van der Waals surface area contributed by atoms with Crippen LogP contribution in [0.1, 0.15) is 132 Å². The summed E-state index contributed by atoms with van der Waals surface area (Å²) in [6, 6.07) is 33.4. The molecule has 0 aliphatic heterocycles. The fourth-order valence-corrected chi connectivity index (χ4v) is 6.75. The quantitative estimate of drug-likeness (QED) is 0.141. The Bertz CT molecular complexity index is 1560. The number of allylic oxidation sites excluding steroid dienone is 4. The minimum absolute atomic E-state index is 0.177. The minimum Gasteiger partial charge on any atom is -0.273 e. The molecule has 4 aromatic rings. The van der Waals surface area contributed by atoms with E-state index in [0.717, 1.165) is 12.8 Å². The summed E-state index contributed by atoms with van der Waals surface area (Å²) in [6.07, 6.45) is 18.5. The summed E-state index contributed by atoms with van der Waals surface area (Å²) >= 11 is 1.48. The molecular weight excluding hydrogens is 656 g/mol. The van der Waals surface area contributed by atoms with Crippen molar-refractivity contribution in [1.29, 1.82) is 0 Å². The number of benzene rings is 4. The van der Waals surface area contributed by atoms with Gasteiger partial charge in [0.25, 0.3) is 0 Å². The molecule has 0 radical (unpaired) electrons. The molecule has 2 aliphatic rings. The summed E-state index contributed by atoms with van der Waals surface area (Å²) in [5.74, 6) is 0. The summed E-state index contributed by atoms with van der Waals surface area (Å²) in [4.78, 5) is 0. The van der Waals surface area contributed by atoms with E-state index in [2.05, 4.69) is 152 Å². The van der Waals surface area contributed by atoms with Crippen molar-refractivity contribution in [2.75, 3.05) is 0 Å². The van der Waals surface area contributed by atoms with Crippen LogP contribution in [0.25, 0.3) is 11.1 Å². The monoisotopic (exact) mass is 710 g/mol. The van der Waals surface area contributed by atoms with Crippen LogP contribution in [0.2, 0.25) is 0 Å². The van der Waals surface area contributed by atoms with Crippen LogP contribution in [0.3, 0.4) is 0 Å². The Morgan fingerprint density at radius 1 is 0.688 bits per heavy atom. The molecule has 0 N–H and O–H groups in total. The molecular formula is C47H56Zr. The Morgan fingerprint density at radius 3 is 1.67 bits per heavy atom. The van der Waals surface area contributed by atoms with Gasteiger partial charge in [-0.15, -0.1) is 12.0 Å². The zero-order chi connectivity index (χ0) is 34.7. The summed E-state index contributed by atoms with van der Waals surface area (Å²) in [7, 11) is 0. The van der Waals surface area contributed by atoms with Crippen molar-refractivity contribution in [3.8, 4) is 11.1 Å². The molecule has 0 atom stereocenters. The van der Waals surface area contributed by atoms with Gasteiger partial charge in [0.2, 0.25) is 0 Å². The van der Waals surface area contributed by atoms with Crippen molar-refractivity contribution in [3.05, 3.63) is 154 Å². The van der Waals surface area contributed by atoms with E-state index >= 15 is 0 Å². The predicted octanol–water partition coefficient (Wildman–Crippen LogP) is 12.4. The maximum atomic E-state index is 3.53. The third-order valence-corrected chi connectivity index (χ3v) is 10.7. The van der Waals surface area contributed by atoms with Gasteiger partial charge in [-0.05, 0) is 17.4 Å². The first kappa shape index (κ1) is 37.9. The third-order valence-electron chi connectivity index (χ3n) is 9.24. The second-order valence-electron chi connectivity index (χ2n) is 15.3. The zero-order valence-electron chi connectivity index (χ0n) is 30.9. The van der Waals surface area contributed by atoms with Crippen molar-refractivity contribution in [2.45, 2.75) is 118 Å². The number of aryl methyl sites for hydroxylation is 2. The Hall–Kier alpha value is -2.89. The van der Waals surface area contributed by atoms with Gasteiger partial charge in [0.15, 0.2) is 0 Å². The predicted molar refractivity (Wildman–Crippen MR) is 206 cm³/mol. The van der Waals surface area contributed by atoms with Gasteiger partial charge in [-0.3, -0.25) is 6.08 Å². The molecule has 0 nitrogen and oxygen atoms in total. The zero-order valence-corrected chi connectivity index (χ0v) is 33.4. The molecule has 1 heteroatoms. The Balaban J connectivity index is 0.000000189. The van der Waals surface area contributed by atoms with Gasteiger partial charge >= 0.3 is 151 Å². The average Bonchev–Trinajstić information content (AvgIpc) is 3.78. The molecule has 4 aromatic carbocycles.